The van der Waals surface area contributed by atoms with Crippen molar-refractivity contribution in [1.82, 2.24) is 10.2 Å². The molecule has 0 aromatic heterocycles. The Hall–Kier alpha value is -0.0800. The molecule has 0 spiro atoms. The van der Waals surface area contributed by atoms with Crippen LogP contribution in [0.15, 0.2) is 0 Å². The first-order chi connectivity index (χ1) is 8.20. The fourth-order valence-electron chi connectivity index (χ4n) is 3.74. The average Bonchev–Trinajstić information content (AvgIpc) is 2.67. The molecule has 0 aromatic carbocycles. The third-order valence-corrected chi connectivity index (χ3v) is 4.99. The lowest BCUT2D eigenvalue weighted by Crippen LogP contribution is -2.44. The lowest BCUT2D eigenvalue weighted by atomic mass is 9.82. The molecule has 2 fully saturated rings. The van der Waals surface area contributed by atoms with Gasteiger partial charge in [-0.1, -0.05) is 26.2 Å². The van der Waals surface area contributed by atoms with Crippen LogP contribution in [-0.4, -0.2) is 36.6 Å². The van der Waals surface area contributed by atoms with Crippen LogP contribution in [0.3, 0.4) is 0 Å². The number of rotatable bonds is 4. The van der Waals surface area contributed by atoms with Gasteiger partial charge in [-0.05, 0) is 45.6 Å². The quantitative estimate of drug-likeness (QED) is 0.810. The van der Waals surface area contributed by atoms with E-state index in [0.29, 0.717) is 0 Å². The van der Waals surface area contributed by atoms with Crippen LogP contribution in [0.2, 0.25) is 0 Å². The van der Waals surface area contributed by atoms with Crippen molar-refractivity contribution in [3.8, 4) is 0 Å². The molecule has 17 heavy (non-hydrogen) atoms. The SMILES string of the molecule is CCC(NC1CC(C)N(C)C1)C1CCCCC1. The minimum atomic E-state index is 0.738. The Morgan fingerprint density at radius 2 is 1.94 bits per heavy atom. The number of likely N-dealkylation sites (tertiary alicyclic amines) is 1. The first-order valence-corrected chi connectivity index (χ1v) is 7.67. The highest BCUT2D eigenvalue weighted by atomic mass is 15.2. The van der Waals surface area contributed by atoms with E-state index in [1.807, 2.05) is 0 Å². The van der Waals surface area contributed by atoms with E-state index in [2.05, 4.69) is 31.1 Å². The van der Waals surface area contributed by atoms with Crippen LogP contribution in [-0.2, 0) is 0 Å². The summed E-state index contributed by atoms with van der Waals surface area (Å²) in [7, 11) is 2.26. The van der Waals surface area contributed by atoms with Gasteiger partial charge >= 0.3 is 0 Å². The molecule has 2 aliphatic rings. The van der Waals surface area contributed by atoms with E-state index >= 15 is 0 Å². The van der Waals surface area contributed by atoms with Crippen LogP contribution in [0, 0.1) is 5.92 Å². The Labute approximate surface area is 107 Å². The lowest BCUT2D eigenvalue weighted by Gasteiger charge is -2.32. The van der Waals surface area contributed by atoms with Gasteiger partial charge in [0.2, 0.25) is 0 Å². The molecule has 0 bridgehead atoms. The first kappa shape index (κ1) is 13.4. The van der Waals surface area contributed by atoms with Crippen LogP contribution in [0.1, 0.15) is 58.8 Å². The van der Waals surface area contributed by atoms with Crippen molar-refractivity contribution in [2.24, 2.45) is 5.92 Å². The second-order valence-corrected chi connectivity index (χ2v) is 6.30. The summed E-state index contributed by atoms with van der Waals surface area (Å²) in [5, 5.41) is 3.95. The molecule has 0 aromatic rings. The molecule has 1 aliphatic carbocycles. The molecular formula is C15H30N2. The van der Waals surface area contributed by atoms with Gasteiger partial charge in [0.15, 0.2) is 0 Å². The third kappa shape index (κ3) is 3.45. The Kier molecular flexibility index (Phi) is 4.87. The molecular weight excluding hydrogens is 208 g/mol. The van der Waals surface area contributed by atoms with E-state index < -0.39 is 0 Å². The molecule has 2 rings (SSSR count). The van der Waals surface area contributed by atoms with Gasteiger partial charge in [0.25, 0.3) is 0 Å². The summed E-state index contributed by atoms with van der Waals surface area (Å²) in [6, 6.07) is 2.28. The monoisotopic (exact) mass is 238 g/mol. The lowest BCUT2D eigenvalue weighted by molar-refractivity contribution is 0.244. The summed E-state index contributed by atoms with van der Waals surface area (Å²) < 4.78 is 0. The fourth-order valence-corrected chi connectivity index (χ4v) is 3.74. The molecule has 1 aliphatic heterocycles. The summed E-state index contributed by atoms with van der Waals surface area (Å²) in [6.07, 6.45) is 9.95. The van der Waals surface area contributed by atoms with E-state index in [-0.39, 0.29) is 0 Å². The minimum absolute atomic E-state index is 0.738. The zero-order valence-electron chi connectivity index (χ0n) is 11.9. The maximum absolute atomic E-state index is 3.95. The van der Waals surface area contributed by atoms with Gasteiger partial charge in [-0.2, -0.15) is 0 Å². The van der Waals surface area contributed by atoms with Crippen LogP contribution < -0.4 is 5.32 Å². The molecule has 2 nitrogen and oxygen atoms in total. The first-order valence-electron chi connectivity index (χ1n) is 7.67. The Morgan fingerprint density at radius 1 is 1.24 bits per heavy atom. The van der Waals surface area contributed by atoms with E-state index in [0.717, 1.165) is 24.0 Å². The van der Waals surface area contributed by atoms with Crippen LogP contribution >= 0.6 is 0 Å². The molecule has 100 valence electrons. The van der Waals surface area contributed by atoms with Crippen molar-refractivity contribution in [1.29, 1.82) is 0 Å². The molecule has 1 heterocycles. The van der Waals surface area contributed by atoms with Gasteiger partial charge < -0.3 is 10.2 Å². The number of nitrogens with one attached hydrogen (secondary N) is 1. The Bertz CT molecular complexity index is 213. The van der Waals surface area contributed by atoms with E-state index in [4.69, 9.17) is 0 Å². The molecule has 3 atom stereocenters. The summed E-state index contributed by atoms with van der Waals surface area (Å²) in [4.78, 5) is 2.49. The highest BCUT2D eigenvalue weighted by Gasteiger charge is 2.30. The fraction of sp³-hybridized carbons (Fsp3) is 1.00. The summed E-state index contributed by atoms with van der Waals surface area (Å²) in [5.74, 6) is 0.954. The number of hydrogen-bond acceptors (Lipinski definition) is 2. The second kappa shape index (κ2) is 6.19. The zero-order chi connectivity index (χ0) is 12.3. The van der Waals surface area contributed by atoms with Gasteiger partial charge in [-0.15, -0.1) is 0 Å². The molecule has 1 N–H and O–H groups in total. The molecule has 3 unspecified atom stereocenters. The Morgan fingerprint density at radius 3 is 2.47 bits per heavy atom. The van der Waals surface area contributed by atoms with Gasteiger partial charge in [-0.3, -0.25) is 0 Å². The van der Waals surface area contributed by atoms with Gasteiger partial charge in [0.05, 0.1) is 0 Å². The predicted molar refractivity (Wildman–Crippen MR) is 74.3 cm³/mol. The molecule has 1 saturated heterocycles. The number of nitrogens with zero attached hydrogens (tertiary/aromatic N) is 1. The minimum Gasteiger partial charge on any atom is -0.310 e. The highest BCUT2D eigenvalue weighted by Crippen LogP contribution is 2.28. The van der Waals surface area contributed by atoms with Crippen molar-refractivity contribution in [3.63, 3.8) is 0 Å². The molecule has 0 amide bonds. The normalized spacial score (nSPS) is 34.1. The standard InChI is InChI=1S/C15H30N2/c1-4-15(13-8-6-5-7-9-13)16-14-10-12(2)17(3)11-14/h12-16H,4-11H2,1-3H3. The van der Waals surface area contributed by atoms with Crippen molar-refractivity contribution < 1.29 is 0 Å². The maximum Gasteiger partial charge on any atom is 0.0212 e. The number of likely N-dealkylation sites (N-methyl/N-ethyl adjacent to an activating group) is 1. The van der Waals surface area contributed by atoms with Gasteiger partial charge in [0, 0.05) is 24.7 Å². The second-order valence-electron chi connectivity index (χ2n) is 6.30. The number of hydrogen-bond donors (Lipinski definition) is 1. The summed E-state index contributed by atoms with van der Waals surface area (Å²) in [5.41, 5.74) is 0. The van der Waals surface area contributed by atoms with Crippen LogP contribution in [0.4, 0.5) is 0 Å². The van der Waals surface area contributed by atoms with Crippen molar-refractivity contribution in [3.05, 3.63) is 0 Å². The average molecular weight is 238 g/mol. The van der Waals surface area contributed by atoms with Crippen molar-refractivity contribution in [2.75, 3.05) is 13.6 Å². The maximum atomic E-state index is 3.95. The van der Waals surface area contributed by atoms with E-state index in [1.54, 1.807) is 0 Å². The summed E-state index contributed by atoms with van der Waals surface area (Å²) >= 11 is 0. The van der Waals surface area contributed by atoms with E-state index in [9.17, 15) is 0 Å². The van der Waals surface area contributed by atoms with E-state index in [1.165, 1.54) is 51.5 Å². The largest absolute Gasteiger partial charge is 0.310 e. The third-order valence-electron chi connectivity index (χ3n) is 4.99. The van der Waals surface area contributed by atoms with Crippen LogP contribution in [0.5, 0.6) is 0 Å². The predicted octanol–water partition coefficient (Wildman–Crippen LogP) is 3.03. The molecule has 2 heteroatoms. The highest BCUT2D eigenvalue weighted by molar-refractivity contribution is 4.89. The topological polar surface area (TPSA) is 15.3 Å². The Balaban J connectivity index is 1.82. The zero-order valence-corrected chi connectivity index (χ0v) is 11.9. The van der Waals surface area contributed by atoms with Crippen LogP contribution in [0.25, 0.3) is 0 Å². The van der Waals surface area contributed by atoms with Crippen molar-refractivity contribution in [2.45, 2.75) is 76.9 Å². The molecule has 0 radical (unpaired) electrons. The van der Waals surface area contributed by atoms with Crippen molar-refractivity contribution >= 4 is 0 Å². The summed E-state index contributed by atoms with van der Waals surface area (Å²) in [6.45, 7) is 5.95. The van der Waals surface area contributed by atoms with Gasteiger partial charge in [0.1, 0.15) is 0 Å². The van der Waals surface area contributed by atoms with Gasteiger partial charge in [-0.25, -0.2) is 0 Å². The smallest absolute Gasteiger partial charge is 0.0212 e. The molecule has 1 saturated carbocycles.